The molecule has 0 radical (unpaired) electrons. The number of rotatable bonds is 3. The summed E-state index contributed by atoms with van der Waals surface area (Å²) in [7, 11) is 0. The predicted octanol–water partition coefficient (Wildman–Crippen LogP) is 4.46. The van der Waals surface area contributed by atoms with E-state index in [9.17, 15) is 0 Å². The third-order valence-corrected chi connectivity index (χ3v) is 4.01. The highest BCUT2D eigenvalue weighted by Crippen LogP contribution is 2.34. The molecule has 1 aromatic heterocycles. The standard InChI is InChI=1S/C16H18ClN3/c1-11-18-15(17)14(12-7-3-2-4-8-12)16(19-11)20-13-9-5-6-10-13/h2-4,7-8,13H,5-6,9-10H2,1H3,(H,18,19,20). The maximum Gasteiger partial charge on any atom is 0.142 e. The largest absolute Gasteiger partial charge is 0.367 e. The average molecular weight is 288 g/mol. The first-order valence-corrected chi connectivity index (χ1v) is 7.48. The zero-order valence-corrected chi connectivity index (χ0v) is 12.3. The van der Waals surface area contributed by atoms with E-state index in [0.29, 0.717) is 17.0 Å². The van der Waals surface area contributed by atoms with Crippen molar-refractivity contribution < 1.29 is 0 Å². The fourth-order valence-electron chi connectivity index (χ4n) is 2.77. The number of aryl methyl sites for hydroxylation is 1. The molecule has 104 valence electrons. The summed E-state index contributed by atoms with van der Waals surface area (Å²) in [6.45, 7) is 1.88. The molecule has 0 spiro atoms. The van der Waals surface area contributed by atoms with Crippen molar-refractivity contribution >= 4 is 17.4 Å². The number of benzene rings is 1. The number of aromatic nitrogens is 2. The lowest BCUT2D eigenvalue weighted by Gasteiger charge is -2.17. The summed E-state index contributed by atoms with van der Waals surface area (Å²) in [6.07, 6.45) is 4.98. The van der Waals surface area contributed by atoms with Gasteiger partial charge in [0, 0.05) is 6.04 Å². The van der Waals surface area contributed by atoms with Gasteiger partial charge in [-0.2, -0.15) is 0 Å². The Morgan fingerprint density at radius 3 is 2.50 bits per heavy atom. The summed E-state index contributed by atoms with van der Waals surface area (Å²) in [6, 6.07) is 10.6. The zero-order chi connectivity index (χ0) is 13.9. The SMILES string of the molecule is Cc1nc(Cl)c(-c2ccccc2)c(NC2CCCC2)n1. The third-order valence-electron chi connectivity index (χ3n) is 3.74. The average Bonchev–Trinajstić information content (AvgIpc) is 2.92. The van der Waals surface area contributed by atoms with Crippen LogP contribution in [0.25, 0.3) is 11.1 Å². The van der Waals surface area contributed by atoms with Crippen LogP contribution in [0.1, 0.15) is 31.5 Å². The van der Waals surface area contributed by atoms with Crippen LogP contribution in [0.3, 0.4) is 0 Å². The van der Waals surface area contributed by atoms with Gasteiger partial charge in [-0.05, 0) is 25.3 Å². The van der Waals surface area contributed by atoms with Crippen molar-refractivity contribution in [3.63, 3.8) is 0 Å². The first-order chi connectivity index (χ1) is 9.74. The zero-order valence-electron chi connectivity index (χ0n) is 11.6. The molecule has 0 aliphatic heterocycles. The molecule has 1 saturated carbocycles. The fraction of sp³-hybridized carbons (Fsp3) is 0.375. The van der Waals surface area contributed by atoms with Crippen molar-refractivity contribution in [1.29, 1.82) is 0 Å². The van der Waals surface area contributed by atoms with Crippen molar-refractivity contribution in [2.75, 3.05) is 5.32 Å². The molecule has 1 aromatic carbocycles. The van der Waals surface area contributed by atoms with Gasteiger partial charge >= 0.3 is 0 Å². The molecule has 0 amide bonds. The van der Waals surface area contributed by atoms with Crippen molar-refractivity contribution in [3.8, 4) is 11.1 Å². The summed E-state index contributed by atoms with van der Waals surface area (Å²) < 4.78 is 0. The highest BCUT2D eigenvalue weighted by atomic mass is 35.5. The van der Waals surface area contributed by atoms with Gasteiger partial charge in [-0.25, -0.2) is 9.97 Å². The number of halogens is 1. The quantitative estimate of drug-likeness (QED) is 0.847. The summed E-state index contributed by atoms with van der Waals surface area (Å²) in [4.78, 5) is 8.87. The van der Waals surface area contributed by atoms with Crippen LogP contribution in [0, 0.1) is 6.92 Å². The van der Waals surface area contributed by atoms with Crippen LogP contribution in [0.2, 0.25) is 5.15 Å². The Bertz CT molecular complexity index is 592. The first-order valence-electron chi connectivity index (χ1n) is 7.10. The van der Waals surface area contributed by atoms with Gasteiger partial charge in [0.2, 0.25) is 0 Å². The number of hydrogen-bond acceptors (Lipinski definition) is 3. The molecule has 0 saturated heterocycles. The van der Waals surface area contributed by atoms with Crippen LogP contribution < -0.4 is 5.32 Å². The van der Waals surface area contributed by atoms with Gasteiger partial charge in [0.1, 0.15) is 16.8 Å². The molecule has 1 aliphatic rings. The minimum atomic E-state index is 0.503. The predicted molar refractivity (Wildman–Crippen MR) is 83.1 cm³/mol. The second-order valence-corrected chi connectivity index (χ2v) is 5.63. The Morgan fingerprint density at radius 1 is 1.10 bits per heavy atom. The fourth-order valence-corrected chi connectivity index (χ4v) is 3.09. The molecule has 1 N–H and O–H groups in total. The summed E-state index contributed by atoms with van der Waals surface area (Å²) in [5, 5.41) is 4.07. The van der Waals surface area contributed by atoms with Crippen molar-refractivity contribution in [3.05, 3.63) is 41.3 Å². The molecule has 1 fully saturated rings. The van der Waals surface area contributed by atoms with E-state index in [2.05, 4.69) is 15.3 Å². The summed E-state index contributed by atoms with van der Waals surface area (Å²) >= 11 is 6.36. The summed E-state index contributed by atoms with van der Waals surface area (Å²) in [5.74, 6) is 1.57. The Kier molecular flexibility index (Phi) is 3.88. The van der Waals surface area contributed by atoms with Gasteiger partial charge in [0.15, 0.2) is 0 Å². The maximum absolute atomic E-state index is 6.36. The lowest BCUT2D eigenvalue weighted by Crippen LogP contribution is -2.17. The molecule has 3 nitrogen and oxygen atoms in total. The topological polar surface area (TPSA) is 37.8 Å². The minimum absolute atomic E-state index is 0.503. The lowest BCUT2D eigenvalue weighted by molar-refractivity contribution is 0.749. The van der Waals surface area contributed by atoms with Crippen LogP contribution in [0.4, 0.5) is 5.82 Å². The van der Waals surface area contributed by atoms with Crippen molar-refractivity contribution in [1.82, 2.24) is 9.97 Å². The molecule has 4 heteroatoms. The molecule has 3 rings (SSSR count). The Morgan fingerprint density at radius 2 is 1.80 bits per heavy atom. The van der Waals surface area contributed by atoms with E-state index < -0.39 is 0 Å². The lowest BCUT2D eigenvalue weighted by atomic mass is 10.1. The molecule has 2 aromatic rings. The van der Waals surface area contributed by atoms with Crippen LogP contribution in [0.15, 0.2) is 30.3 Å². The second kappa shape index (κ2) is 5.80. The number of nitrogens with zero attached hydrogens (tertiary/aromatic N) is 2. The van der Waals surface area contributed by atoms with E-state index in [-0.39, 0.29) is 0 Å². The molecule has 0 atom stereocenters. The molecule has 1 heterocycles. The van der Waals surface area contributed by atoms with Gasteiger partial charge in [-0.1, -0.05) is 54.8 Å². The van der Waals surface area contributed by atoms with Crippen molar-refractivity contribution in [2.45, 2.75) is 38.6 Å². The van der Waals surface area contributed by atoms with E-state index in [4.69, 9.17) is 11.6 Å². The van der Waals surface area contributed by atoms with Crippen LogP contribution in [-0.4, -0.2) is 16.0 Å². The van der Waals surface area contributed by atoms with Crippen LogP contribution in [-0.2, 0) is 0 Å². The highest BCUT2D eigenvalue weighted by Gasteiger charge is 2.19. The normalized spacial score (nSPS) is 15.5. The van der Waals surface area contributed by atoms with Crippen LogP contribution in [0.5, 0.6) is 0 Å². The van der Waals surface area contributed by atoms with Crippen molar-refractivity contribution in [2.24, 2.45) is 0 Å². The van der Waals surface area contributed by atoms with Gasteiger partial charge in [-0.15, -0.1) is 0 Å². The first kappa shape index (κ1) is 13.4. The molecule has 1 aliphatic carbocycles. The monoisotopic (exact) mass is 287 g/mol. The Labute approximate surface area is 124 Å². The molecular formula is C16H18ClN3. The maximum atomic E-state index is 6.36. The Hall–Kier alpha value is -1.61. The Balaban J connectivity index is 2.02. The van der Waals surface area contributed by atoms with Gasteiger partial charge in [0.05, 0.1) is 5.56 Å². The van der Waals surface area contributed by atoms with Crippen LogP contribution >= 0.6 is 11.6 Å². The number of nitrogens with one attached hydrogen (secondary N) is 1. The molecule has 20 heavy (non-hydrogen) atoms. The minimum Gasteiger partial charge on any atom is -0.367 e. The second-order valence-electron chi connectivity index (χ2n) is 5.28. The molecule has 0 unspecified atom stereocenters. The molecule has 0 bridgehead atoms. The summed E-state index contributed by atoms with van der Waals surface area (Å²) in [5.41, 5.74) is 1.96. The van der Waals surface area contributed by atoms with Gasteiger partial charge in [-0.3, -0.25) is 0 Å². The number of hydrogen-bond donors (Lipinski definition) is 1. The van der Waals surface area contributed by atoms with E-state index in [1.165, 1.54) is 25.7 Å². The van der Waals surface area contributed by atoms with E-state index in [1.807, 2.05) is 37.3 Å². The van der Waals surface area contributed by atoms with E-state index in [1.54, 1.807) is 0 Å². The third kappa shape index (κ3) is 2.78. The van der Waals surface area contributed by atoms with E-state index in [0.717, 1.165) is 16.9 Å². The molecular weight excluding hydrogens is 270 g/mol. The number of anilines is 1. The highest BCUT2D eigenvalue weighted by molar-refractivity contribution is 6.32. The smallest absolute Gasteiger partial charge is 0.142 e. The van der Waals surface area contributed by atoms with Gasteiger partial charge in [0.25, 0.3) is 0 Å². The van der Waals surface area contributed by atoms with Gasteiger partial charge < -0.3 is 5.32 Å². The van der Waals surface area contributed by atoms with E-state index >= 15 is 0 Å².